The predicted molar refractivity (Wildman–Crippen MR) is 70.1 cm³/mol. The number of nitrogens with zero attached hydrogens (tertiary/aromatic N) is 1. The van der Waals surface area contributed by atoms with E-state index in [4.69, 9.17) is 11.6 Å². The van der Waals surface area contributed by atoms with E-state index in [1.54, 1.807) is 4.90 Å². The minimum absolute atomic E-state index is 0.0728. The van der Waals surface area contributed by atoms with E-state index in [0.717, 1.165) is 31.4 Å². The number of alkyl halides is 1. The van der Waals surface area contributed by atoms with Gasteiger partial charge in [-0.1, -0.05) is 6.07 Å². The largest absolute Gasteiger partial charge is 0.338 e. The van der Waals surface area contributed by atoms with Gasteiger partial charge < -0.3 is 4.90 Å². The zero-order valence-electron chi connectivity index (χ0n) is 10.5. The Morgan fingerprint density at radius 1 is 1.32 bits per heavy atom. The molecule has 1 aromatic carbocycles. The zero-order chi connectivity index (χ0) is 13.8. The van der Waals surface area contributed by atoms with Gasteiger partial charge in [-0.25, -0.2) is 8.78 Å². The van der Waals surface area contributed by atoms with Gasteiger partial charge in [-0.2, -0.15) is 0 Å². The fourth-order valence-electron chi connectivity index (χ4n) is 2.23. The molecule has 5 heteroatoms. The molecule has 1 amide bonds. The number of rotatable bonds is 5. The van der Waals surface area contributed by atoms with E-state index in [9.17, 15) is 13.6 Å². The lowest BCUT2D eigenvalue weighted by Crippen LogP contribution is -2.45. The molecule has 1 aliphatic carbocycles. The van der Waals surface area contributed by atoms with Crippen molar-refractivity contribution in [1.82, 2.24) is 4.90 Å². The van der Waals surface area contributed by atoms with Gasteiger partial charge in [-0.15, -0.1) is 11.6 Å². The molecule has 2 rings (SSSR count). The van der Waals surface area contributed by atoms with Gasteiger partial charge in [0.2, 0.25) is 5.91 Å². The molecule has 1 aliphatic rings. The smallest absolute Gasteiger partial charge is 0.227 e. The summed E-state index contributed by atoms with van der Waals surface area (Å²) in [7, 11) is 0. The molecule has 1 fully saturated rings. The van der Waals surface area contributed by atoms with Crippen molar-refractivity contribution >= 4 is 17.5 Å². The molecule has 0 spiro atoms. The topological polar surface area (TPSA) is 20.3 Å². The van der Waals surface area contributed by atoms with E-state index in [2.05, 4.69) is 0 Å². The zero-order valence-corrected chi connectivity index (χ0v) is 11.3. The second-order valence-electron chi connectivity index (χ2n) is 4.79. The highest BCUT2D eigenvalue weighted by atomic mass is 35.5. The summed E-state index contributed by atoms with van der Waals surface area (Å²) < 4.78 is 25.9. The van der Waals surface area contributed by atoms with E-state index in [0.29, 0.717) is 18.0 Å². The van der Waals surface area contributed by atoms with Gasteiger partial charge in [-0.05, 0) is 37.0 Å². The van der Waals surface area contributed by atoms with Crippen LogP contribution in [0.15, 0.2) is 18.2 Å². The lowest BCUT2D eigenvalue weighted by molar-refractivity contribution is -0.134. The van der Waals surface area contributed by atoms with Crippen LogP contribution in [-0.2, 0) is 11.2 Å². The Kier molecular flexibility index (Phi) is 4.75. The quantitative estimate of drug-likeness (QED) is 0.762. The Balaban J connectivity index is 2.03. The number of carbonyl (C=O) groups is 1. The SMILES string of the molecule is O=C(Cc1ccc(F)c(F)c1)N(CCCl)C1CCC1. The number of hydrogen-bond donors (Lipinski definition) is 0. The molecule has 0 aliphatic heterocycles. The summed E-state index contributed by atoms with van der Waals surface area (Å²) in [5, 5.41) is 0. The molecule has 104 valence electrons. The van der Waals surface area contributed by atoms with Crippen molar-refractivity contribution in [1.29, 1.82) is 0 Å². The van der Waals surface area contributed by atoms with Crippen LogP contribution in [0, 0.1) is 11.6 Å². The second-order valence-corrected chi connectivity index (χ2v) is 5.16. The van der Waals surface area contributed by atoms with Crippen LogP contribution >= 0.6 is 11.6 Å². The first kappa shape index (κ1) is 14.3. The highest BCUT2D eigenvalue weighted by molar-refractivity contribution is 6.18. The van der Waals surface area contributed by atoms with Crippen molar-refractivity contribution in [2.75, 3.05) is 12.4 Å². The van der Waals surface area contributed by atoms with Crippen molar-refractivity contribution in [2.45, 2.75) is 31.7 Å². The highest BCUT2D eigenvalue weighted by Crippen LogP contribution is 2.25. The van der Waals surface area contributed by atoms with Gasteiger partial charge in [0, 0.05) is 18.5 Å². The third kappa shape index (κ3) is 3.44. The van der Waals surface area contributed by atoms with E-state index in [1.165, 1.54) is 6.07 Å². The summed E-state index contributed by atoms with van der Waals surface area (Å²) in [6, 6.07) is 3.83. The summed E-state index contributed by atoms with van der Waals surface area (Å²) in [5.74, 6) is -1.50. The normalized spacial score (nSPS) is 15.1. The Morgan fingerprint density at radius 3 is 2.58 bits per heavy atom. The minimum Gasteiger partial charge on any atom is -0.338 e. The molecule has 0 radical (unpaired) electrons. The van der Waals surface area contributed by atoms with Gasteiger partial charge >= 0.3 is 0 Å². The average Bonchev–Trinajstić information content (AvgIpc) is 2.31. The third-order valence-corrected chi connectivity index (χ3v) is 3.67. The van der Waals surface area contributed by atoms with Crippen LogP contribution in [0.5, 0.6) is 0 Å². The molecule has 2 nitrogen and oxygen atoms in total. The summed E-state index contributed by atoms with van der Waals surface area (Å²) in [6.07, 6.45) is 3.22. The first-order chi connectivity index (χ1) is 9.11. The number of benzene rings is 1. The van der Waals surface area contributed by atoms with E-state index in [-0.39, 0.29) is 18.4 Å². The van der Waals surface area contributed by atoms with Crippen LogP contribution in [0.1, 0.15) is 24.8 Å². The molecule has 1 saturated carbocycles. The Morgan fingerprint density at radius 2 is 2.05 bits per heavy atom. The minimum atomic E-state index is -0.919. The summed E-state index contributed by atoms with van der Waals surface area (Å²) in [5.41, 5.74) is 0.489. The van der Waals surface area contributed by atoms with Crippen LogP contribution < -0.4 is 0 Å². The van der Waals surface area contributed by atoms with Crippen LogP contribution in [0.25, 0.3) is 0 Å². The summed E-state index contributed by atoms with van der Waals surface area (Å²) in [6.45, 7) is 0.509. The lowest BCUT2D eigenvalue weighted by Gasteiger charge is -2.37. The Hall–Kier alpha value is -1.16. The van der Waals surface area contributed by atoms with Crippen LogP contribution in [-0.4, -0.2) is 29.3 Å². The number of amides is 1. The van der Waals surface area contributed by atoms with Crippen LogP contribution in [0.2, 0.25) is 0 Å². The molecule has 1 aromatic rings. The molecule has 0 unspecified atom stereocenters. The monoisotopic (exact) mass is 287 g/mol. The molecule has 0 saturated heterocycles. The number of hydrogen-bond acceptors (Lipinski definition) is 1. The molecule has 0 bridgehead atoms. The lowest BCUT2D eigenvalue weighted by atomic mass is 9.91. The Bertz CT molecular complexity index is 463. The second kappa shape index (κ2) is 6.33. The summed E-state index contributed by atoms with van der Waals surface area (Å²) >= 11 is 5.71. The third-order valence-electron chi connectivity index (χ3n) is 3.50. The molecular weight excluding hydrogens is 272 g/mol. The molecule has 0 atom stereocenters. The summed E-state index contributed by atoms with van der Waals surface area (Å²) in [4.78, 5) is 13.9. The van der Waals surface area contributed by atoms with Crippen molar-refractivity contribution in [2.24, 2.45) is 0 Å². The average molecular weight is 288 g/mol. The van der Waals surface area contributed by atoms with Crippen molar-refractivity contribution in [3.05, 3.63) is 35.4 Å². The molecule has 0 N–H and O–H groups in total. The Labute approximate surface area is 116 Å². The maximum Gasteiger partial charge on any atom is 0.227 e. The van der Waals surface area contributed by atoms with Crippen LogP contribution in [0.3, 0.4) is 0 Å². The standard InChI is InChI=1S/C14H16ClF2NO/c15-6-7-18(11-2-1-3-11)14(19)9-10-4-5-12(16)13(17)8-10/h4-5,8,11H,1-3,6-7,9H2. The van der Waals surface area contributed by atoms with Crippen molar-refractivity contribution in [3.63, 3.8) is 0 Å². The molecule has 0 aromatic heterocycles. The van der Waals surface area contributed by atoms with Crippen molar-refractivity contribution < 1.29 is 13.6 Å². The van der Waals surface area contributed by atoms with E-state index < -0.39 is 11.6 Å². The number of carbonyl (C=O) groups excluding carboxylic acids is 1. The number of halogens is 3. The van der Waals surface area contributed by atoms with Gasteiger partial charge in [0.05, 0.1) is 6.42 Å². The van der Waals surface area contributed by atoms with E-state index >= 15 is 0 Å². The maximum atomic E-state index is 13.1. The molecular formula is C14H16ClF2NO. The van der Waals surface area contributed by atoms with Gasteiger partial charge in [-0.3, -0.25) is 4.79 Å². The van der Waals surface area contributed by atoms with Gasteiger partial charge in [0.1, 0.15) is 0 Å². The predicted octanol–water partition coefficient (Wildman–Crippen LogP) is 3.13. The molecule has 19 heavy (non-hydrogen) atoms. The van der Waals surface area contributed by atoms with E-state index in [1.807, 2.05) is 0 Å². The maximum absolute atomic E-state index is 13.1. The van der Waals surface area contributed by atoms with Gasteiger partial charge in [0.15, 0.2) is 11.6 Å². The van der Waals surface area contributed by atoms with Crippen molar-refractivity contribution in [3.8, 4) is 0 Å². The fourth-order valence-corrected chi connectivity index (χ4v) is 2.41. The fraction of sp³-hybridized carbons (Fsp3) is 0.500. The highest BCUT2D eigenvalue weighted by Gasteiger charge is 2.28. The first-order valence-electron chi connectivity index (χ1n) is 6.41. The van der Waals surface area contributed by atoms with Crippen LogP contribution in [0.4, 0.5) is 8.78 Å². The first-order valence-corrected chi connectivity index (χ1v) is 6.94. The molecule has 0 heterocycles. The van der Waals surface area contributed by atoms with Gasteiger partial charge in [0.25, 0.3) is 0 Å².